The van der Waals surface area contributed by atoms with E-state index in [-0.39, 0.29) is 0 Å². The molecule has 2 nitrogen and oxygen atoms in total. The molecule has 0 atom stereocenters. The third-order valence-corrected chi connectivity index (χ3v) is 4.66. The van der Waals surface area contributed by atoms with Gasteiger partial charge in [-0.1, -0.05) is 32.8 Å². The molecule has 0 aliphatic heterocycles. The summed E-state index contributed by atoms with van der Waals surface area (Å²) in [6, 6.07) is 7.23. The van der Waals surface area contributed by atoms with E-state index in [2.05, 4.69) is 19.2 Å². The Morgan fingerprint density at radius 3 is 2.26 bits per heavy atom. The molecule has 0 radical (unpaired) electrons. The summed E-state index contributed by atoms with van der Waals surface area (Å²) < 4.78 is 27.5. The Bertz CT molecular complexity index is 643. The largest absolute Gasteiger partial charge is 0.374 e. The lowest BCUT2D eigenvalue weighted by Crippen LogP contribution is -2.18. The minimum atomic E-state index is -0.826. The molecule has 2 aromatic rings. The molecule has 0 aliphatic rings. The third-order valence-electron chi connectivity index (χ3n) is 3.64. The van der Waals surface area contributed by atoms with Gasteiger partial charge in [0.15, 0.2) is 0 Å². The topological polar surface area (TPSA) is 29.1 Å². The van der Waals surface area contributed by atoms with Crippen LogP contribution in [-0.4, -0.2) is 11.8 Å². The van der Waals surface area contributed by atoms with Gasteiger partial charge in [0.25, 0.3) is 0 Å². The minimum Gasteiger partial charge on any atom is -0.374 e. The van der Waals surface area contributed by atoms with Crippen LogP contribution in [-0.2, 0) is 0 Å². The number of halogens is 2. The van der Waals surface area contributed by atoms with Crippen molar-refractivity contribution >= 4 is 22.1 Å². The Hall–Kier alpha value is -1.75. The molecule has 23 heavy (non-hydrogen) atoms. The molecule has 0 fully saturated rings. The second kappa shape index (κ2) is 8.20. The molecule has 1 aromatic heterocycles. The van der Waals surface area contributed by atoms with Crippen molar-refractivity contribution in [3.8, 4) is 0 Å². The lowest BCUT2D eigenvalue weighted by Gasteiger charge is -2.17. The monoisotopic (exact) mass is 337 g/mol. The highest BCUT2D eigenvalue weighted by Gasteiger charge is 2.20. The maximum atomic E-state index is 13.7. The van der Waals surface area contributed by atoms with Crippen LogP contribution in [0.4, 0.5) is 13.8 Å². The van der Waals surface area contributed by atoms with Gasteiger partial charge in [-0.3, -0.25) is 4.79 Å². The average molecular weight is 337 g/mol. The lowest BCUT2D eigenvalue weighted by molar-refractivity contribution is 0.103. The first-order valence-corrected chi connectivity index (χ1v) is 8.73. The molecule has 5 heteroatoms. The van der Waals surface area contributed by atoms with Crippen LogP contribution in [0.3, 0.4) is 0 Å². The fourth-order valence-corrected chi connectivity index (χ4v) is 3.49. The van der Waals surface area contributed by atoms with Crippen molar-refractivity contribution in [1.82, 2.24) is 0 Å². The normalized spacial score (nSPS) is 11.0. The quantitative estimate of drug-likeness (QED) is 0.632. The third kappa shape index (κ3) is 4.38. The summed E-state index contributed by atoms with van der Waals surface area (Å²) in [6.45, 7) is 4.27. The van der Waals surface area contributed by atoms with Crippen LogP contribution in [0, 0.1) is 11.6 Å². The van der Waals surface area contributed by atoms with Crippen molar-refractivity contribution in [3.05, 3.63) is 52.4 Å². The van der Waals surface area contributed by atoms with Gasteiger partial charge in [-0.05, 0) is 37.1 Å². The number of hydrogen-bond donors (Lipinski definition) is 1. The van der Waals surface area contributed by atoms with Gasteiger partial charge in [-0.2, -0.15) is 0 Å². The molecule has 124 valence electrons. The Labute approximate surface area is 139 Å². The van der Waals surface area contributed by atoms with E-state index in [1.165, 1.54) is 17.4 Å². The molecule has 1 heterocycles. The van der Waals surface area contributed by atoms with E-state index >= 15 is 0 Å². The SMILES string of the molecule is CCCC(CCC)Nc1ccc(C(=O)c2c(F)cccc2F)s1. The summed E-state index contributed by atoms with van der Waals surface area (Å²) in [5, 5.41) is 4.27. The summed E-state index contributed by atoms with van der Waals surface area (Å²) in [6.07, 6.45) is 4.26. The second-order valence-corrected chi connectivity index (χ2v) is 6.59. The second-order valence-electron chi connectivity index (χ2n) is 5.51. The van der Waals surface area contributed by atoms with E-state index in [9.17, 15) is 13.6 Å². The standard InChI is InChI=1S/C18H21F2NOS/c1-3-6-12(7-4-2)21-16-11-10-15(23-16)18(22)17-13(19)8-5-9-14(17)20/h5,8-12,21H,3-4,6-7H2,1-2H3. The number of anilines is 1. The zero-order valence-electron chi connectivity index (χ0n) is 13.4. The van der Waals surface area contributed by atoms with Crippen LogP contribution in [0.5, 0.6) is 0 Å². The van der Waals surface area contributed by atoms with Crippen LogP contribution in [0.1, 0.15) is 54.8 Å². The van der Waals surface area contributed by atoms with Crippen molar-refractivity contribution in [2.45, 2.75) is 45.6 Å². The predicted octanol–water partition coefficient (Wildman–Crippen LogP) is 5.64. The van der Waals surface area contributed by atoms with E-state index < -0.39 is 23.0 Å². The first kappa shape index (κ1) is 17.6. The first-order chi connectivity index (χ1) is 11.1. The van der Waals surface area contributed by atoms with E-state index in [1.807, 2.05) is 0 Å². The number of carbonyl (C=O) groups excluding carboxylic acids is 1. The van der Waals surface area contributed by atoms with Gasteiger partial charge in [0.2, 0.25) is 5.78 Å². The Morgan fingerprint density at radius 2 is 1.70 bits per heavy atom. The van der Waals surface area contributed by atoms with Gasteiger partial charge in [0, 0.05) is 6.04 Å². The Kier molecular flexibility index (Phi) is 6.28. The smallest absolute Gasteiger partial charge is 0.208 e. The van der Waals surface area contributed by atoms with Crippen LogP contribution >= 0.6 is 11.3 Å². The number of carbonyl (C=O) groups is 1. The molecule has 0 saturated heterocycles. The predicted molar refractivity (Wildman–Crippen MR) is 91.3 cm³/mol. The first-order valence-electron chi connectivity index (χ1n) is 7.91. The van der Waals surface area contributed by atoms with Gasteiger partial charge >= 0.3 is 0 Å². The fourth-order valence-electron chi connectivity index (χ4n) is 2.56. The molecule has 1 aromatic carbocycles. The van der Waals surface area contributed by atoms with E-state index in [0.717, 1.165) is 42.8 Å². The molecule has 0 aliphatic carbocycles. The number of nitrogens with one attached hydrogen (secondary N) is 1. The van der Waals surface area contributed by atoms with Crippen LogP contribution in [0.15, 0.2) is 30.3 Å². The fraction of sp³-hybridized carbons (Fsp3) is 0.389. The maximum absolute atomic E-state index is 13.7. The Morgan fingerprint density at radius 1 is 1.09 bits per heavy atom. The molecule has 0 spiro atoms. The van der Waals surface area contributed by atoms with Gasteiger partial charge in [-0.25, -0.2) is 8.78 Å². The Balaban J connectivity index is 2.17. The van der Waals surface area contributed by atoms with Crippen molar-refractivity contribution < 1.29 is 13.6 Å². The lowest BCUT2D eigenvalue weighted by atomic mass is 10.1. The molecule has 0 saturated carbocycles. The summed E-state index contributed by atoms with van der Waals surface area (Å²) in [4.78, 5) is 12.7. The van der Waals surface area contributed by atoms with Crippen LogP contribution in [0.2, 0.25) is 0 Å². The molecular formula is C18H21F2NOS. The molecule has 0 amide bonds. The highest BCUT2D eigenvalue weighted by molar-refractivity contribution is 7.18. The molecular weight excluding hydrogens is 316 g/mol. The molecule has 0 unspecified atom stereocenters. The van der Waals surface area contributed by atoms with Crippen molar-refractivity contribution in [2.75, 3.05) is 5.32 Å². The van der Waals surface area contributed by atoms with E-state index in [4.69, 9.17) is 0 Å². The molecule has 2 rings (SSSR count). The van der Waals surface area contributed by atoms with Gasteiger partial charge in [0.1, 0.15) is 11.6 Å². The summed E-state index contributed by atoms with van der Waals surface area (Å²) in [5.74, 6) is -2.26. The zero-order valence-corrected chi connectivity index (χ0v) is 14.2. The minimum absolute atomic E-state index is 0.336. The number of ketones is 1. The number of thiophene rings is 1. The van der Waals surface area contributed by atoms with Crippen molar-refractivity contribution in [1.29, 1.82) is 0 Å². The molecule has 1 N–H and O–H groups in total. The molecule has 0 bridgehead atoms. The average Bonchev–Trinajstić information content (AvgIpc) is 2.96. The number of hydrogen-bond acceptors (Lipinski definition) is 3. The number of benzene rings is 1. The van der Waals surface area contributed by atoms with Gasteiger partial charge in [0.05, 0.1) is 15.4 Å². The zero-order chi connectivity index (χ0) is 16.8. The van der Waals surface area contributed by atoms with E-state index in [0.29, 0.717) is 10.9 Å². The van der Waals surface area contributed by atoms with Crippen molar-refractivity contribution in [2.24, 2.45) is 0 Å². The number of rotatable bonds is 8. The highest BCUT2D eigenvalue weighted by atomic mass is 32.1. The summed E-state index contributed by atoms with van der Waals surface area (Å²) in [5.41, 5.74) is -0.487. The van der Waals surface area contributed by atoms with Crippen LogP contribution in [0.25, 0.3) is 0 Å². The van der Waals surface area contributed by atoms with Gasteiger partial charge in [-0.15, -0.1) is 11.3 Å². The van der Waals surface area contributed by atoms with Gasteiger partial charge < -0.3 is 5.32 Å². The van der Waals surface area contributed by atoms with Crippen LogP contribution < -0.4 is 5.32 Å². The van der Waals surface area contributed by atoms with E-state index in [1.54, 1.807) is 12.1 Å². The maximum Gasteiger partial charge on any atom is 0.208 e. The summed E-state index contributed by atoms with van der Waals surface area (Å²) >= 11 is 1.24. The van der Waals surface area contributed by atoms with Crippen molar-refractivity contribution in [3.63, 3.8) is 0 Å². The summed E-state index contributed by atoms with van der Waals surface area (Å²) in [7, 11) is 0. The highest BCUT2D eigenvalue weighted by Crippen LogP contribution is 2.27.